The van der Waals surface area contributed by atoms with Gasteiger partial charge in [-0.3, -0.25) is 4.79 Å². The van der Waals surface area contributed by atoms with Gasteiger partial charge in [-0.1, -0.05) is 30.3 Å². The standard InChI is InChI=1S/C11H9F3N2O/c1-7-15-9(17)10(16-7,11(12,13)14)8-5-3-2-4-6-8/h2-6H,1H3,(H,15,16,17). The van der Waals surface area contributed by atoms with E-state index >= 15 is 0 Å². The Hall–Kier alpha value is -1.85. The number of amides is 1. The number of hydrogen-bond acceptors (Lipinski definition) is 2. The number of amidine groups is 1. The third-order valence-electron chi connectivity index (χ3n) is 2.56. The summed E-state index contributed by atoms with van der Waals surface area (Å²) in [5.41, 5.74) is -2.99. The number of benzene rings is 1. The van der Waals surface area contributed by atoms with E-state index in [4.69, 9.17) is 0 Å². The summed E-state index contributed by atoms with van der Waals surface area (Å²) in [4.78, 5) is 15.1. The first-order valence-electron chi connectivity index (χ1n) is 4.88. The van der Waals surface area contributed by atoms with Crippen LogP contribution in [-0.2, 0) is 10.3 Å². The second-order valence-corrected chi connectivity index (χ2v) is 3.73. The second-order valence-electron chi connectivity index (χ2n) is 3.73. The summed E-state index contributed by atoms with van der Waals surface area (Å²) in [5, 5.41) is 2.10. The average molecular weight is 242 g/mol. The lowest BCUT2D eigenvalue weighted by molar-refractivity contribution is -0.190. The van der Waals surface area contributed by atoms with Crippen LogP contribution in [-0.4, -0.2) is 17.9 Å². The van der Waals surface area contributed by atoms with Crippen LogP contribution < -0.4 is 5.32 Å². The molecule has 1 aromatic rings. The first-order chi connectivity index (χ1) is 7.88. The molecule has 0 bridgehead atoms. The van der Waals surface area contributed by atoms with Gasteiger partial charge in [0.15, 0.2) is 0 Å². The number of nitrogens with zero attached hydrogens (tertiary/aromatic N) is 1. The molecule has 0 fully saturated rings. The molecule has 6 heteroatoms. The van der Waals surface area contributed by atoms with E-state index in [9.17, 15) is 18.0 Å². The van der Waals surface area contributed by atoms with E-state index in [0.717, 1.165) is 0 Å². The molecule has 0 spiro atoms. The second kappa shape index (κ2) is 3.58. The van der Waals surface area contributed by atoms with Crippen LogP contribution in [0.2, 0.25) is 0 Å². The molecule has 0 aliphatic carbocycles. The molecule has 2 rings (SSSR count). The molecular formula is C11H9F3N2O. The van der Waals surface area contributed by atoms with Gasteiger partial charge in [0.1, 0.15) is 5.84 Å². The number of halogens is 3. The minimum atomic E-state index is -4.77. The Morgan fingerprint density at radius 3 is 2.24 bits per heavy atom. The highest BCUT2D eigenvalue weighted by molar-refractivity contribution is 6.08. The first-order valence-corrected chi connectivity index (χ1v) is 4.88. The quantitative estimate of drug-likeness (QED) is 0.804. The van der Waals surface area contributed by atoms with Crippen LogP contribution in [0.3, 0.4) is 0 Å². The van der Waals surface area contributed by atoms with Crippen molar-refractivity contribution in [1.82, 2.24) is 5.32 Å². The molecule has 1 aromatic carbocycles. The monoisotopic (exact) mass is 242 g/mol. The Labute approximate surface area is 95.4 Å². The summed E-state index contributed by atoms with van der Waals surface area (Å²) in [6, 6.07) is 6.96. The highest BCUT2D eigenvalue weighted by Crippen LogP contribution is 2.44. The normalized spacial score (nSPS) is 24.5. The predicted octanol–water partition coefficient (Wildman–Crippen LogP) is 1.99. The number of carbonyl (C=O) groups is 1. The largest absolute Gasteiger partial charge is 0.427 e. The SMILES string of the molecule is CC1=NC(c2ccccc2)(C(F)(F)F)C(=O)N1. The molecule has 1 amide bonds. The Balaban J connectivity index is 2.66. The molecule has 1 aliphatic heterocycles. The van der Waals surface area contributed by atoms with Gasteiger partial charge in [0.05, 0.1) is 0 Å². The maximum absolute atomic E-state index is 13.2. The molecule has 17 heavy (non-hydrogen) atoms. The lowest BCUT2D eigenvalue weighted by Gasteiger charge is -2.26. The van der Waals surface area contributed by atoms with Gasteiger partial charge in [0, 0.05) is 0 Å². The lowest BCUT2D eigenvalue weighted by atomic mass is 9.89. The van der Waals surface area contributed by atoms with Crippen LogP contribution >= 0.6 is 0 Å². The zero-order valence-corrected chi connectivity index (χ0v) is 8.88. The number of rotatable bonds is 1. The third kappa shape index (κ3) is 1.60. The van der Waals surface area contributed by atoms with E-state index < -0.39 is 17.6 Å². The lowest BCUT2D eigenvalue weighted by Crippen LogP contribution is -2.48. The summed E-state index contributed by atoms with van der Waals surface area (Å²) in [6.45, 7) is 1.33. The minimum Gasteiger partial charge on any atom is -0.312 e. The van der Waals surface area contributed by atoms with Crippen molar-refractivity contribution in [2.75, 3.05) is 0 Å². The van der Waals surface area contributed by atoms with Crippen molar-refractivity contribution in [3.05, 3.63) is 35.9 Å². The Bertz CT molecular complexity index is 481. The zero-order chi connectivity index (χ0) is 12.7. The van der Waals surface area contributed by atoms with Crippen molar-refractivity contribution in [3.63, 3.8) is 0 Å². The van der Waals surface area contributed by atoms with Gasteiger partial charge in [0.25, 0.3) is 11.4 Å². The topological polar surface area (TPSA) is 41.5 Å². The number of aliphatic imine (C=N–C) groups is 1. The summed E-state index contributed by atoms with van der Waals surface area (Å²) in [6.07, 6.45) is -4.77. The molecule has 0 radical (unpaired) electrons. The van der Waals surface area contributed by atoms with Crippen LogP contribution in [0.1, 0.15) is 12.5 Å². The van der Waals surface area contributed by atoms with Crippen molar-refractivity contribution in [2.45, 2.75) is 18.6 Å². The van der Waals surface area contributed by atoms with Gasteiger partial charge in [-0.2, -0.15) is 13.2 Å². The highest BCUT2D eigenvalue weighted by atomic mass is 19.4. The van der Waals surface area contributed by atoms with Crippen LogP contribution in [0, 0.1) is 0 Å². The summed E-state index contributed by atoms with van der Waals surface area (Å²) < 4.78 is 39.5. The highest BCUT2D eigenvalue weighted by Gasteiger charge is 2.64. The van der Waals surface area contributed by atoms with Crippen molar-refractivity contribution in [1.29, 1.82) is 0 Å². The van der Waals surface area contributed by atoms with Crippen molar-refractivity contribution in [3.8, 4) is 0 Å². The van der Waals surface area contributed by atoms with Gasteiger partial charge in [0.2, 0.25) is 0 Å². The summed E-state index contributed by atoms with van der Waals surface area (Å²) >= 11 is 0. The molecule has 90 valence electrons. The van der Waals surface area contributed by atoms with E-state index in [-0.39, 0.29) is 11.4 Å². The van der Waals surface area contributed by atoms with Gasteiger partial charge in [-0.25, -0.2) is 4.99 Å². The average Bonchev–Trinajstić information content (AvgIpc) is 2.55. The summed E-state index contributed by atoms with van der Waals surface area (Å²) in [5.74, 6) is -1.19. The Morgan fingerprint density at radius 2 is 1.82 bits per heavy atom. The van der Waals surface area contributed by atoms with E-state index in [1.165, 1.54) is 31.2 Å². The molecule has 3 nitrogen and oxygen atoms in total. The maximum Gasteiger partial charge on any atom is 0.427 e. The molecule has 0 aromatic heterocycles. The zero-order valence-electron chi connectivity index (χ0n) is 8.88. The van der Waals surface area contributed by atoms with E-state index in [0.29, 0.717) is 0 Å². The minimum absolute atomic E-state index is 0.0313. The fourth-order valence-electron chi connectivity index (χ4n) is 1.82. The van der Waals surface area contributed by atoms with Crippen LogP contribution in [0.4, 0.5) is 13.2 Å². The van der Waals surface area contributed by atoms with Crippen molar-refractivity contribution < 1.29 is 18.0 Å². The molecule has 0 saturated carbocycles. The number of carbonyl (C=O) groups excluding carboxylic acids is 1. The van der Waals surface area contributed by atoms with Crippen molar-refractivity contribution >= 4 is 11.7 Å². The van der Waals surface area contributed by atoms with Gasteiger partial charge >= 0.3 is 6.18 Å². The smallest absolute Gasteiger partial charge is 0.312 e. The molecule has 1 N–H and O–H groups in total. The van der Waals surface area contributed by atoms with E-state index in [1.54, 1.807) is 6.07 Å². The molecule has 1 heterocycles. The fraction of sp³-hybridized carbons (Fsp3) is 0.273. The van der Waals surface area contributed by atoms with Crippen LogP contribution in [0.5, 0.6) is 0 Å². The number of hydrogen-bond donors (Lipinski definition) is 1. The molecule has 1 aliphatic rings. The van der Waals surface area contributed by atoms with Crippen molar-refractivity contribution in [2.24, 2.45) is 4.99 Å². The molecule has 0 saturated heterocycles. The molecule has 1 unspecified atom stereocenters. The summed E-state index contributed by atoms with van der Waals surface area (Å²) in [7, 11) is 0. The fourth-order valence-corrected chi connectivity index (χ4v) is 1.82. The molecular weight excluding hydrogens is 233 g/mol. The third-order valence-corrected chi connectivity index (χ3v) is 2.56. The molecule has 1 atom stereocenters. The number of alkyl halides is 3. The predicted molar refractivity (Wildman–Crippen MR) is 55.4 cm³/mol. The Kier molecular flexibility index (Phi) is 2.45. The van der Waals surface area contributed by atoms with E-state index in [2.05, 4.69) is 10.3 Å². The first kappa shape index (κ1) is 11.6. The van der Waals surface area contributed by atoms with Crippen LogP contribution in [0.25, 0.3) is 0 Å². The Morgan fingerprint density at radius 1 is 1.24 bits per heavy atom. The van der Waals surface area contributed by atoms with Crippen LogP contribution in [0.15, 0.2) is 35.3 Å². The van der Waals surface area contributed by atoms with Gasteiger partial charge in [-0.05, 0) is 12.5 Å². The maximum atomic E-state index is 13.2. The van der Waals surface area contributed by atoms with E-state index in [1.807, 2.05) is 0 Å². The number of nitrogens with one attached hydrogen (secondary N) is 1. The van der Waals surface area contributed by atoms with Gasteiger partial charge < -0.3 is 5.32 Å². The van der Waals surface area contributed by atoms with Gasteiger partial charge in [-0.15, -0.1) is 0 Å².